The van der Waals surface area contributed by atoms with Crippen LogP contribution in [0, 0.1) is 0 Å². The number of benzene rings is 1. The molecular weight excluding hydrogens is 326 g/mol. The highest BCUT2D eigenvalue weighted by Crippen LogP contribution is 2.38. The molecular formula is C17H17N3O3S. The lowest BCUT2D eigenvalue weighted by atomic mass is 10.1. The van der Waals surface area contributed by atoms with Gasteiger partial charge in [0.25, 0.3) is 0 Å². The van der Waals surface area contributed by atoms with Gasteiger partial charge in [-0.25, -0.2) is 8.42 Å². The molecule has 2 aliphatic rings. The molecule has 4 rings (SSSR count). The van der Waals surface area contributed by atoms with Crippen molar-refractivity contribution in [1.29, 1.82) is 0 Å². The summed E-state index contributed by atoms with van der Waals surface area (Å²) in [6.07, 6.45) is 4.15. The van der Waals surface area contributed by atoms with Crippen molar-refractivity contribution in [3.05, 3.63) is 54.9 Å². The average Bonchev–Trinajstić information content (AvgIpc) is 3.14. The van der Waals surface area contributed by atoms with E-state index in [2.05, 4.69) is 4.98 Å². The Morgan fingerprint density at radius 2 is 1.83 bits per heavy atom. The molecule has 2 aromatic rings. The van der Waals surface area contributed by atoms with Crippen molar-refractivity contribution in [3.8, 4) is 0 Å². The third-order valence-electron chi connectivity index (χ3n) is 4.72. The molecule has 0 saturated carbocycles. The third-order valence-corrected chi connectivity index (χ3v) is 6.66. The molecule has 2 atom stereocenters. The minimum atomic E-state index is -3.58. The van der Waals surface area contributed by atoms with Crippen LogP contribution in [-0.4, -0.2) is 42.2 Å². The van der Waals surface area contributed by atoms with E-state index in [1.54, 1.807) is 53.7 Å². The van der Waals surface area contributed by atoms with Gasteiger partial charge in [-0.15, -0.1) is 0 Å². The van der Waals surface area contributed by atoms with E-state index in [9.17, 15) is 13.2 Å². The number of amides is 1. The number of nitrogens with zero attached hydrogens (tertiary/aromatic N) is 3. The third kappa shape index (κ3) is 2.32. The van der Waals surface area contributed by atoms with Crippen LogP contribution in [0.15, 0.2) is 59.8 Å². The van der Waals surface area contributed by atoms with Gasteiger partial charge < -0.3 is 4.90 Å². The Hall–Kier alpha value is -2.25. The zero-order valence-electron chi connectivity index (χ0n) is 12.9. The average molecular weight is 343 g/mol. The van der Waals surface area contributed by atoms with Crippen LogP contribution >= 0.6 is 0 Å². The van der Waals surface area contributed by atoms with Crippen molar-refractivity contribution in [2.45, 2.75) is 29.8 Å². The summed E-state index contributed by atoms with van der Waals surface area (Å²) in [7, 11) is -3.58. The van der Waals surface area contributed by atoms with Crippen LogP contribution in [0.4, 0.5) is 5.69 Å². The second-order valence-electron chi connectivity index (χ2n) is 6.03. The number of pyridine rings is 1. The molecule has 2 saturated heterocycles. The molecule has 24 heavy (non-hydrogen) atoms. The number of rotatable bonds is 3. The predicted octanol–water partition coefficient (Wildman–Crippen LogP) is 1.65. The van der Waals surface area contributed by atoms with Gasteiger partial charge >= 0.3 is 0 Å². The summed E-state index contributed by atoms with van der Waals surface area (Å²) in [5.74, 6) is -0.0500. The van der Waals surface area contributed by atoms with Crippen LogP contribution in [0.5, 0.6) is 0 Å². The normalized spacial score (nSPS) is 24.3. The van der Waals surface area contributed by atoms with Gasteiger partial charge in [-0.2, -0.15) is 4.31 Å². The Morgan fingerprint density at radius 3 is 2.54 bits per heavy atom. The van der Waals surface area contributed by atoms with Gasteiger partial charge in [0, 0.05) is 19.2 Å². The van der Waals surface area contributed by atoms with E-state index < -0.39 is 10.0 Å². The van der Waals surface area contributed by atoms with Crippen molar-refractivity contribution < 1.29 is 13.2 Å². The first-order chi connectivity index (χ1) is 11.6. The van der Waals surface area contributed by atoms with Crippen LogP contribution in [0.1, 0.15) is 12.8 Å². The summed E-state index contributed by atoms with van der Waals surface area (Å²) < 4.78 is 27.3. The van der Waals surface area contributed by atoms with Gasteiger partial charge in [-0.05, 0) is 30.7 Å². The molecule has 0 radical (unpaired) electrons. The highest BCUT2D eigenvalue weighted by molar-refractivity contribution is 7.89. The molecule has 3 heterocycles. The fraction of sp³-hybridized carbons (Fsp3) is 0.294. The van der Waals surface area contributed by atoms with E-state index in [1.165, 1.54) is 4.31 Å². The Kier molecular flexibility index (Phi) is 3.62. The lowest BCUT2D eigenvalue weighted by molar-refractivity contribution is -0.117. The Balaban J connectivity index is 1.66. The minimum absolute atomic E-state index is 0.0500. The maximum Gasteiger partial charge on any atom is 0.243 e. The molecule has 1 amide bonds. The summed E-state index contributed by atoms with van der Waals surface area (Å²) in [6.45, 7) is 0.427. The summed E-state index contributed by atoms with van der Waals surface area (Å²) in [4.78, 5) is 18.5. The lowest BCUT2D eigenvalue weighted by Gasteiger charge is -2.25. The number of sulfonamides is 1. The molecule has 6 nitrogen and oxygen atoms in total. The highest BCUT2D eigenvalue weighted by atomic mass is 32.2. The second-order valence-corrected chi connectivity index (χ2v) is 7.92. The number of carbonyl (C=O) groups is 1. The zero-order chi connectivity index (χ0) is 16.7. The van der Waals surface area contributed by atoms with Crippen LogP contribution in [0.3, 0.4) is 0 Å². The van der Waals surface area contributed by atoms with E-state index >= 15 is 0 Å². The first-order valence-electron chi connectivity index (χ1n) is 7.88. The quantitative estimate of drug-likeness (QED) is 0.850. The van der Waals surface area contributed by atoms with E-state index in [4.69, 9.17) is 0 Å². The van der Waals surface area contributed by atoms with Gasteiger partial charge in [-0.3, -0.25) is 9.78 Å². The topological polar surface area (TPSA) is 70.6 Å². The maximum absolute atomic E-state index is 12.9. The largest absolute Gasteiger partial charge is 0.306 e. The Labute approximate surface area is 140 Å². The monoisotopic (exact) mass is 343 g/mol. The number of hydrogen-bond acceptors (Lipinski definition) is 4. The molecule has 0 N–H and O–H groups in total. The molecule has 0 bridgehead atoms. The molecule has 1 aromatic carbocycles. The van der Waals surface area contributed by atoms with Crippen LogP contribution in [0.2, 0.25) is 0 Å². The van der Waals surface area contributed by atoms with Crippen LogP contribution in [-0.2, 0) is 14.8 Å². The molecule has 2 fully saturated rings. The first-order valence-corrected chi connectivity index (χ1v) is 9.32. The molecule has 7 heteroatoms. The predicted molar refractivity (Wildman–Crippen MR) is 88.9 cm³/mol. The zero-order valence-corrected chi connectivity index (χ0v) is 13.8. The Bertz CT molecular complexity index is 855. The number of anilines is 1. The van der Waals surface area contributed by atoms with Gasteiger partial charge in [0.05, 0.1) is 28.9 Å². The standard InChI is InChI=1S/C17H17N3O3S/c21-17-11-16-15(20(17)13-5-4-9-18-12-13)8-10-19(16)24(22,23)14-6-2-1-3-7-14/h1-7,9,12,15-16H,8,10-11H2/t15-,16+/m0/s1. The van der Waals surface area contributed by atoms with Gasteiger partial charge in [-0.1, -0.05) is 18.2 Å². The number of carbonyl (C=O) groups excluding carboxylic acids is 1. The summed E-state index contributed by atoms with van der Waals surface area (Å²) in [6, 6.07) is 11.6. The van der Waals surface area contributed by atoms with Crippen LogP contribution in [0.25, 0.3) is 0 Å². The van der Waals surface area contributed by atoms with Crippen molar-refractivity contribution in [1.82, 2.24) is 9.29 Å². The van der Waals surface area contributed by atoms with Crippen molar-refractivity contribution >= 4 is 21.6 Å². The van der Waals surface area contributed by atoms with Gasteiger partial charge in [0.2, 0.25) is 15.9 Å². The number of fused-ring (bicyclic) bond motifs is 1. The lowest BCUT2D eigenvalue weighted by Crippen LogP contribution is -2.40. The van der Waals surface area contributed by atoms with E-state index in [0.717, 1.165) is 5.69 Å². The molecule has 0 spiro atoms. The van der Waals surface area contributed by atoms with Crippen molar-refractivity contribution in [3.63, 3.8) is 0 Å². The highest BCUT2D eigenvalue weighted by Gasteiger charge is 2.51. The molecule has 0 unspecified atom stereocenters. The second kappa shape index (κ2) is 5.68. The Morgan fingerprint density at radius 1 is 1.04 bits per heavy atom. The maximum atomic E-state index is 12.9. The number of hydrogen-bond donors (Lipinski definition) is 0. The molecule has 2 aliphatic heterocycles. The van der Waals surface area contributed by atoms with Crippen molar-refractivity contribution in [2.75, 3.05) is 11.4 Å². The number of aromatic nitrogens is 1. The summed E-state index contributed by atoms with van der Waals surface area (Å²) >= 11 is 0. The van der Waals surface area contributed by atoms with Crippen LogP contribution < -0.4 is 4.90 Å². The van der Waals surface area contributed by atoms with Gasteiger partial charge in [0.15, 0.2) is 0 Å². The molecule has 1 aromatic heterocycles. The van der Waals surface area contributed by atoms with Gasteiger partial charge in [0.1, 0.15) is 0 Å². The van der Waals surface area contributed by atoms with E-state index in [1.807, 2.05) is 6.07 Å². The summed E-state index contributed by atoms with van der Waals surface area (Å²) in [5.41, 5.74) is 0.731. The first kappa shape index (κ1) is 15.3. The smallest absolute Gasteiger partial charge is 0.243 e. The van der Waals surface area contributed by atoms with E-state index in [0.29, 0.717) is 13.0 Å². The summed E-state index contributed by atoms with van der Waals surface area (Å²) in [5, 5.41) is 0. The SMILES string of the molecule is O=C1C[C@@H]2[C@H](CCN2S(=O)(=O)c2ccccc2)N1c1cccnc1. The fourth-order valence-electron chi connectivity index (χ4n) is 3.67. The minimum Gasteiger partial charge on any atom is -0.306 e. The van der Waals surface area contributed by atoms with E-state index in [-0.39, 0.29) is 29.3 Å². The molecule has 0 aliphatic carbocycles. The molecule has 124 valence electrons. The fourth-order valence-corrected chi connectivity index (χ4v) is 5.36. The van der Waals surface area contributed by atoms with Crippen molar-refractivity contribution in [2.24, 2.45) is 0 Å².